The molecule has 8 heteroatoms. The number of hydrogen-bond donors (Lipinski definition) is 2. The fourth-order valence-electron chi connectivity index (χ4n) is 6.10. The highest BCUT2D eigenvalue weighted by molar-refractivity contribution is 6.32. The topological polar surface area (TPSA) is 62.8 Å². The van der Waals surface area contributed by atoms with Crippen molar-refractivity contribution >= 4 is 34.7 Å². The van der Waals surface area contributed by atoms with Crippen LogP contribution in [0.2, 0.25) is 10.0 Å². The summed E-state index contributed by atoms with van der Waals surface area (Å²) in [7, 11) is 0. The predicted molar refractivity (Wildman–Crippen MR) is 173 cm³/mol. The Morgan fingerprint density at radius 1 is 0.930 bits per heavy atom. The lowest BCUT2D eigenvalue weighted by Crippen LogP contribution is -2.60. The summed E-state index contributed by atoms with van der Waals surface area (Å²) in [6.07, 6.45) is 3.66. The van der Waals surface area contributed by atoms with Gasteiger partial charge in [-0.05, 0) is 97.7 Å². The van der Waals surface area contributed by atoms with Gasteiger partial charge in [-0.25, -0.2) is 0 Å². The molecule has 0 aromatic heterocycles. The van der Waals surface area contributed by atoms with E-state index in [-0.39, 0.29) is 11.9 Å². The van der Waals surface area contributed by atoms with Gasteiger partial charge in [0.1, 0.15) is 24.7 Å². The van der Waals surface area contributed by atoms with Crippen molar-refractivity contribution in [3.8, 4) is 11.5 Å². The lowest BCUT2D eigenvalue weighted by atomic mass is 9.83. The quantitative estimate of drug-likeness (QED) is 0.244. The van der Waals surface area contributed by atoms with Crippen LogP contribution in [-0.2, 0) is 11.2 Å². The molecular weight excluding hydrogens is 581 g/mol. The van der Waals surface area contributed by atoms with Gasteiger partial charge in [0, 0.05) is 42.3 Å². The summed E-state index contributed by atoms with van der Waals surface area (Å²) in [5, 5.41) is 8.60. The van der Waals surface area contributed by atoms with Crippen LogP contribution in [0.25, 0.3) is 5.57 Å². The molecule has 3 aromatic rings. The molecule has 2 bridgehead atoms. The van der Waals surface area contributed by atoms with Crippen LogP contribution in [0.3, 0.4) is 0 Å². The Morgan fingerprint density at radius 2 is 1.67 bits per heavy atom. The molecule has 6 rings (SSSR count). The molecule has 6 nitrogen and oxygen atoms in total. The smallest absolute Gasteiger partial charge is 0.251 e. The van der Waals surface area contributed by atoms with Crippen LogP contribution in [0.5, 0.6) is 11.5 Å². The SMILES string of the molecule is Cc1cc(Cl)c(OCCOc2ccc(C3=C(C(=O)N(CCc4ccccc4Cl)C4CC4)[C@H]4CNC[C@@H](C3)N4)cc2)cc1C. The Labute approximate surface area is 264 Å². The molecule has 0 unspecified atom stereocenters. The number of carbonyl (C=O) groups excluding carboxylic acids is 1. The van der Waals surface area contributed by atoms with Crippen LogP contribution in [0, 0.1) is 13.8 Å². The van der Waals surface area contributed by atoms with Gasteiger partial charge < -0.3 is 25.0 Å². The summed E-state index contributed by atoms with van der Waals surface area (Å²) in [5.74, 6) is 1.58. The first kappa shape index (κ1) is 30.0. The molecule has 1 saturated heterocycles. The van der Waals surface area contributed by atoms with Gasteiger partial charge in [-0.15, -0.1) is 0 Å². The number of nitrogens with one attached hydrogen (secondary N) is 2. The Bertz CT molecular complexity index is 1500. The van der Waals surface area contributed by atoms with Gasteiger partial charge in [0.15, 0.2) is 0 Å². The summed E-state index contributed by atoms with van der Waals surface area (Å²) in [4.78, 5) is 16.4. The second kappa shape index (κ2) is 13.3. The molecular formula is C35H39Cl2N3O3. The number of carbonyl (C=O) groups is 1. The predicted octanol–water partition coefficient (Wildman–Crippen LogP) is 6.39. The number of amides is 1. The number of halogens is 2. The number of benzene rings is 3. The Kier molecular flexibility index (Phi) is 9.29. The first-order chi connectivity index (χ1) is 20.9. The third-order valence-corrected chi connectivity index (χ3v) is 9.38. The van der Waals surface area contributed by atoms with Crippen molar-refractivity contribution in [2.24, 2.45) is 0 Å². The van der Waals surface area contributed by atoms with Crippen molar-refractivity contribution < 1.29 is 14.3 Å². The van der Waals surface area contributed by atoms with E-state index in [1.807, 2.05) is 56.3 Å². The molecule has 226 valence electrons. The molecule has 0 spiro atoms. The highest BCUT2D eigenvalue weighted by Gasteiger charge is 2.40. The number of ether oxygens (including phenoxy) is 2. The number of aryl methyl sites for hydroxylation is 2. The van der Waals surface area contributed by atoms with Gasteiger partial charge in [-0.2, -0.15) is 0 Å². The third kappa shape index (κ3) is 7.04. The average Bonchev–Trinajstić information content (AvgIpc) is 3.84. The van der Waals surface area contributed by atoms with E-state index >= 15 is 0 Å². The zero-order chi connectivity index (χ0) is 29.9. The Balaban J connectivity index is 1.16. The maximum Gasteiger partial charge on any atom is 0.251 e. The van der Waals surface area contributed by atoms with Crippen molar-refractivity contribution in [1.82, 2.24) is 15.5 Å². The molecule has 2 heterocycles. The molecule has 1 amide bonds. The highest BCUT2D eigenvalue weighted by atomic mass is 35.5. The van der Waals surface area contributed by atoms with E-state index in [1.54, 1.807) is 0 Å². The fourth-order valence-corrected chi connectivity index (χ4v) is 6.60. The minimum atomic E-state index is -0.0122. The second-order valence-corrected chi connectivity index (χ2v) is 12.6. The summed E-state index contributed by atoms with van der Waals surface area (Å²) in [6, 6.07) is 20.5. The molecule has 2 atom stereocenters. The van der Waals surface area contributed by atoms with E-state index in [0.717, 1.165) is 82.9 Å². The molecule has 1 aliphatic carbocycles. The van der Waals surface area contributed by atoms with Gasteiger partial charge in [0.25, 0.3) is 5.91 Å². The minimum absolute atomic E-state index is 0.0122. The molecule has 2 N–H and O–H groups in total. The van der Waals surface area contributed by atoms with Crippen LogP contribution in [0.15, 0.2) is 66.2 Å². The molecule has 2 fully saturated rings. The zero-order valence-corrected chi connectivity index (χ0v) is 26.3. The molecule has 1 saturated carbocycles. The van der Waals surface area contributed by atoms with Gasteiger partial charge >= 0.3 is 0 Å². The lowest BCUT2D eigenvalue weighted by Gasteiger charge is -2.41. The number of hydrogen-bond acceptors (Lipinski definition) is 5. The summed E-state index contributed by atoms with van der Waals surface area (Å²) < 4.78 is 11.9. The third-order valence-electron chi connectivity index (χ3n) is 8.72. The van der Waals surface area contributed by atoms with Crippen molar-refractivity contribution in [2.75, 3.05) is 32.8 Å². The standard InChI is InChI=1S/C35H39Cl2N3O3/c1-22-17-31(37)33(18-23(22)2)43-16-15-42-28-11-7-24(8-12-28)29-19-26-20-38-21-32(39-26)34(29)35(41)40(27-9-10-27)14-13-25-5-3-4-6-30(25)36/h3-8,11-12,17-18,26-27,32,38-39H,9-10,13-16,19-21H2,1-2H3/t26-,32-/m1/s1. The zero-order valence-electron chi connectivity index (χ0n) is 24.8. The average molecular weight is 621 g/mol. The summed E-state index contributed by atoms with van der Waals surface area (Å²) in [5.41, 5.74) is 6.47. The van der Waals surface area contributed by atoms with E-state index in [0.29, 0.717) is 42.6 Å². The van der Waals surface area contributed by atoms with Gasteiger partial charge in [0.05, 0.1) is 11.1 Å². The van der Waals surface area contributed by atoms with Crippen LogP contribution in [0.1, 0.15) is 41.5 Å². The molecule has 3 aliphatic rings. The molecule has 43 heavy (non-hydrogen) atoms. The minimum Gasteiger partial charge on any atom is -0.490 e. The van der Waals surface area contributed by atoms with Gasteiger partial charge in [-0.1, -0.05) is 53.5 Å². The maximum absolute atomic E-state index is 14.3. The van der Waals surface area contributed by atoms with Crippen LogP contribution >= 0.6 is 23.2 Å². The number of piperazine rings is 1. The Morgan fingerprint density at radius 3 is 2.44 bits per heavy atom. The van der Waals surface area contributed by atoms with E-state index in [2.05, 4.69) is 33.7 Å². The molecule has 0 radical (unpaired) electrons. The van der Waals surface area contributed by atoms with Crippen LogP contribution in [-0.4, -0.2) is 61.8 Å². The highest BCUT2D eigenvalue weighted by Crippen LogP contribution is 2.36. The van der Waals surface area contributed by atoms with Crippen LogP contribution < -0.4 is 20.1 Å². The normalized spacial score (nSPS) is 19.7. The van der Waals surface area contributed by atoms with E-state index in [1.165, 1.54) is 0 Å². The number of nitrogens with zero attached hydrogens (tertiary/aromatic N) is 1. The van der Waals surface area contributed by atoms with E-state index < -0.39 is 0 Å². The molecule has 2 aliphatic heterocycles. The number of fused-ring (bicyclic) bond motifs is 2. The van der Waals surface area contributed by atoms with Crippen molar-refractivity contribution in [2.45, 2.75) is 57.7 Å². The largest absolute Gasteiger partial charge is 0.490 e. The number of rotatable bonds is 11. The first-order valence-electron chi connectivity index (χ1n) is 15.2. The Hall–Kier alpha value is -3.03. The maximum atomic E-state index is 14.3. The van der Waals surface area contributed by atoms with Gasteiger partial charge in [0.2, 0.25) is 0 Å². The first-order valence-corrected chi connectivity index (χ1v) is 16.0. The summed E-state index contributed by atoms with van der Waals surface area (Å²) in [6.45, 7) is 7.17. The van der Waals surface area contributed by atoms with E-state index in [9.17, 15) is 4.79 Å². The van der Waals surface area contributed by atoms with E-state index in [4.69, 9.17) is 32.7 Å². The van der Waals surface area contributed by atoms with Gasteiger partial charge in [-0.3, -0.25) is 4.79 Å². The van der Waals surface area contributed by atoms with Crippen LogP contribution in [0.4, 0.5) is 0 Å². The second-order valence-electron chi connectivity index (χ2n) is 11.8. The van der Waals surface area contributed by atoms with Crippen molar-refractivity contribution in [3.05, 3.63) is 98.5 Å². The lowest BCUT2D eigenvalue weighted by molar-refractivity contribution is -0.128. The molecule has 3 aromatic carbocycles. The van der Waals surface area contributed by atoms with Crippen molar-refractivity contribution in [1.29, 1.82) is 0 Å². The summed E-state index contributed by atoms with van der Waals surface area (Å²) >= 11 is 12.8. The van der Waals surface area contributed by atoms with Crippen molar-refractivity contribution in [3.63, 3.8) is 0 Å². The fraction of sp³-hybridized carbons (Fsp3) is 0.400. The monoisotopic (exact) mass is 619 g/mol.